The summed E-state index contributed by atoms with van der Waals surface area (Å²) in [5.41, 5.74) is 2.09. The molecular weight excluding hydrogens is 525 g/mol. The highest BCUT2D eigenvalue weighted by molar-refractivity contribution is 6.62. The Kier molecular flexibility index (Phi) is 6.79. The quantitative estimate of drug-likeness (QED) is 0.354. The number of halogens is 2. The molecule has 5 nitrogen and oxygen atoms in total. The van der Waals surface area contributed by atoms with Gasteiger partial charge in [0, 0.05) is 11.6 Å². The zero-order chi connectivity index (χ0) is 29.5. The van der Waals surface area contributed by atoms with Crippen molar-refractivity contribution in [3.63, 3.8) is 0 Å². The van der Waals surface area contributed by atoms with Gasteiger partial charge in [0.05, 0.1) is 17.3 Å². The van der Waals surface area contributed by atoms with Gasteiger partial charge in [-0.1, -0.05) is 25.1 Å². The molecule has 6 rings (SSSR count). The lowest BCUT2D eigenvalue weighted by molar-refractivity contribution is -0.131. The number of aliphatic carboxylic acids is 1. The van der Waals surface area contributed by atoms with Gasteiger partial charge in [-0.2, -0.15) is 0 Å². The summed E-state index contributed by atoms with van der Waals surface area (Å²) in [4.78, 5) is 11.0. The lowest BCUT2D eigenvalue weighted by atomic mass is 9.50. The first-order chi connectivity index (χ1) is 19.2. The normalized spacial score (nSPS) is 33.5. The van der Waals surface area contributed by atoms with E-state index in [0.717, 1.165) is 41.9 Å². The number of benzene rings is 2. The number of aryl methyl sites for hydroxylation is 1. The molecule has 218 valence electrons. The molecule has 2 N–H and O–H groups in total. The average molecular weight is 564 g/mol. The fourth-order valence-electron chi connectivity index (χ4n) is 8.33. The monoisotopic (exact) mass is 564 g/mol. The summed E-state index contributed by atoms with van der Waals surface area (Å²) in [6.07, 6.45) is 5.40. The van der Waals surface area contributed by atoms with E-state index in [-0.39, 0.29) is 28.9 Å². The molecule has 41 heavy (non-hydrogen) atoms. The van der Waals surface area contributed by atoms with Crippen LogP contribution in [0.3, 0.4) is 0 Å². The Bertz CT molecular complexity index is 1380. The van der Waals surface area contributed by atoms with Crippen LogP contribution in [0.5, 0.6) is 0 Å². The maximum atomic E-state index is 15.8. The van der Waals surface area contributed by atoms with Crippen LogP contribution in [0.25, 0.3) is 6.08 Å². The highest BCUT2D eigenvalue weighted by Crippen LogP contribution is 2.65. The van der Waals surface area contributed by atoms with Crippen LogP contribution < -0.4 is 5.46 Å². The number of rotatable bonds is 4. The van der Waals surface area contributed by atoms with Crippen molar-refractivity contribution in [2.24, 2.45) is 17.3 Å². The molecule has 0 bridgehead atoms. The molecule has 8 heteroatoms. The van der Waals surface area contributed by atoms with Crippen molar-refractivity contribution < 1.29 is 33.1 Å². The number of fused-ring (bicyclic) bond motifs is 5. The fourth-order valence-corrected chi connectivity index (χ4v) is 8.33. The van der Waals surface area contributed by atoms with Crippen molar-refractivity contribution in [3.05, 3.63) is 70.3 Å². The first-order valence-corrected chi connectivity index (χ1v) is 14.8. The van der Waals surface area contributed by atoms with Crippen LogP contribution in [0, 0.1) is 28.9 Å². The largest absolute Gasteiger partial charge is 0.494 e. The lowest BCUT2D eigenvalue weighted by Crippen LogP contribution is -2.47. The van der Waals surface area contributed by atoms with Crippen molar-refractivity contribution in [2.75, 3.05) is 0 Å². The van der Waals surface area contributed by atoms with E-state index in [1.165, 1.54) is 18.2 Å². The number of aliphatic hydroxyl groups excluding tert-OH is 1. The molecule has 2 aromatic rings. The Labute approximate surface area is 241 Å². The van der Waals surface area contributed by atoms with Gasteiger partial charge in [0.25, 0.3) is 0 Å². The molecule has 4 aliphatic rings. The Morgan fingerprint density at radius 3 is 2.29 bits per heavy atom. The molecule has 0 aromatic heterocycles. The van der Waals surface area contributed by atoms with Crippen molar-refractivity contribution in [2.45, 2.75) is 95.9 Å². The Hall–Kier alpha value is -2.55. The minimum Gasteiger partial charge on any atom is -0.478 e. The number of carboxylic acid groups (broad SMARTS) is 1. The van der Waals surface area contributed by atoms with Crippen LogP contribution in [0.2, 0.25) is 0 Å². The second-order valence-corrected chi connectivity index (χ2v) is 13.9. The minimum atomic E-state index is -1.18. The van der Waals surface area contributed by atoms with E-state index in [9.17, 15) is 9.90 Å². The van der Waals surface area contributed by atoms with Crippen LogP contribution in [0.15, 0.2) is 36.4 Å². The molecule has 2 saturated carbocycles. The van der Waals surface area contributed by atoms with Gasteiger partial charge in [-0.25, -0.2) is 13.6 Å². The lowest BCUT2D eigenvalue weighted by Gasteiger charge is -2.54. The van der Waals surface area contributed by atoms with Gasteiger partial charge in [0.1, 0.15) is 11.6 Å². The summed E-state index contributed by atoms with van der Waals surface area (Å²) in [6, 6.07) is 8.72. The molecular formula is C33H39BF2O5. The third-order valence-corrected chi connectivity index (χ3v) is 11.1. The van der Waals surface area contributed by atoms with Crippen molar-refractivity contribution >= 4 is 24.6 Å². The van der Waals surface area contributed by atoms with Crippen molar-refractivity contribution in [1.29, 1.82) is 0 Å². The van der Waals surface area contributed by atoms with Crippen molar-refractivity contribution in [1.82, 2.24) is 0 Å². The van der Waals surface area contributed by atoms with E-state index in [0.29, 0.717) is 12.8 Å². The van der Waals surface area contributed by atoms with Crippen LogP contribution >= 0.6 is 0 Å². The van der Waals surface area contributed by atoms with Gasteiger partial charge in [0.2, 0.25) is 0 Å². The third-order valence-electron chi connectivity index (χ3n) is 11.1. The molecule has 1 heterocycles. The van der Waals surface area contributed by atoms with Crippen molar-refractivity contribution in [3.8, 4) is 0 Å². The number of carbonyl (C=O) groups is 1. The Balaban J connectivity index is 1.42. The maximum Gasteiger partial charge on any atom is 0.494 e. The van der Waals surface area contributed by atoms with E-state index in [1.54, 1.807) is 0 Å². The van der Waals surface area contributed by atoms with E-state index >= 15 is 8.78 Å². The summed E-state index contributed by atoms with van der Waals surface area (Å²) in [6.45, 7) is 10.2. The molecule has 1 saturated heterocycles. The predicted octanol–water partition coefficient (Wildman–Crippen LogP) is 5.97. The average Bonchev–Trinajstić information content (AvgIpc) is 3.31. The van der Waals surface area contributed by atoms with Crippen LogP contribution in [0.1, 0.15) is 94.4 Å². The number of aliphatic hydroxyl groups is 1. The smallest absolute Gasteiger partial charge is 0.478 e. The molecule has 2 aromatic carbocycles. The summed E-state index contributed by atoms with van der Waals surface area (Å²) in [5.74, 6) is -2.62. The number of carboxylic acids is 1. The van der Waals surface area contributed by atoms with Gasteiger partial charge in [-0.3, -0.25) is 0 Å². The highest BCUT2D eigenvalue weighted by atomic mass is 19.1. The Morgan fingerprint density at radius 2 is 1.66 bits per heavy atom. The molecule has 3 fully saturated rings. The molecule has 0 amide bonds. The van der Waals surface area contributed by atoms with Gasteiger partial charge in [-0.15, -0.1) is 0 Å². The van der Waals surface area contributed by atoms with E-state index in [2.05, 4.69) is 19.1 Å². The van der Waals surface area contributed by atoms with E-state index in [1.807, 2.05) is 33.8 Å². The topological polar surface area (TPSA) is 76.0 Å². The second-order valence-electron chi connectivity index (χ2n) is 13.9. The SMILES string of the molecule is CC1(C)OB(c2ccc3c(c2)CC[C@@H]2[C@@H]3[C@H](c3c(F)cc(/C=C/C(=O)O)cc3F)C[C@]3(C)[C@@H](O)CC[C@@H]23)OC1(C)C. The van der Waals surface area contributed by atoms with Crippen LogP contribution in [-0.2, 0) is 20.5 Å². The number of hydrogen-bond donors (Lipinski definition) is 2. The standard InChI is InChI=1S/C33H39BF2O5/c1-31(2)32(3,4)41-34(40-31)20-8-10-21-19(16-20)7-9-22-24-11-12-27(37)33(24,5)17-23(29(21)22)30-25(35)14-18(15-26(30)36)6-13-28(38)39/h6,8,10,13-16,22-24,27,29,37H,7,9,11-12,17H2,1-5H3,(H,38,39)/b13-6+/t22-,23+,24-,27-,29+,33-/m0/s1. The molecule has 0 spiro atoms. The molecule has 1 aliphatic heterocycles. The predicted molar refractivity (Wildman–Crippen MR) is 154 cm³/mol. The first kappa shape index (κ1) is 28.6. The molecule has 0 unspecified atom stereocenters. The summed E-state index contributed by atoms with van der Waals surface area (Å²) in [5, 5.41) is 20.1. The highest BCUT2D eigenvalue weighted by Gasteiger charge is 2.59. The molecule has 3 aliphatic carbocycles. The first-order valence-electron chi connectivity index (χ1n) is 14.8. The summed E-state index contributed by atoms with van der Waals surface area (Å²) >= 11 is 0. The summed E-state index contributed by atoms with van der Waals surface area (Å²) in [7, 11) is -0.486. The minimum absolute atomic E-state index is 0.0362. The van der Waals surface area contributed by atoms with E-state index in [4.69, 9.17) is 14.4 Å². The zero-order valence-corrected chi connectivity index (χ0v) is 24.4. The molecule has 6 atom stereocenters. The maximum absolute atomic E-state index is 15.8. The van der Waals surface area contributed by atoms with Crippen LogP contribution in [0.4, 0.5) is 8.78 Å². The third kappa shape index (κ3) is 4.57. The zero-order valence-electron chi connectivity index (χ0n) is 24.4. The fraction of sp³-hybridized carbons (Fsp3) is 0.545. The number of hydrogen-bond acceptors (Lipinski definition) is 4. The van der Waals surface area contributed by atoms with Gasteiger partial charge >= 0.3 is 13.1 Å². The van der Waals surface area contributed by atoms with Gasteiger partial charge < -0.3 is 19.5 Å². The van der Waals surface area contributed by atoms with Gasteiger partial charge in [0.15, 0.2) is 0 Å². The summed E-state index contributed by atoms with van der Waals surface area (Å²) < 4.78 is 44.2. The van der Waals surface area contributed by atoms with Crippen LogP contribution in [-0.4, -0.2) is 40.6 Å². The van der Waals surface area contributed by atoms with Gasteiger partial charge in [-0.05, 0) is 129 Å². The second kappa shape index (κ2) is 9.75. The molecule has 0 radical (unpaired) electrons. The van der Waals surface area contributed by atoms with E-state index < -0.39 is 53.4 Å². The Morgan fingerprint density at radius 1 is 1.00 bits per heavy atom.